The molecule has 3 heteroatoms. The summed E-state index contributed by atoms with van der Waals surface area (Å²) in [6.45, 7) is 4.12. The monoisotopic (exact) mass is 284 g/mol. The zero-order valence-electron chi connectivity index (χ0n) is 13.3. The molecule has 1 atom stereocenters. The topological polar surface area (TPSA) is 34.2 Å². The summed E-state index contributed by atoms with van der Waals surface area (Å²) in [5.41, 5.74) is 4.68. The number of rotatable bonds is 6. The molecule has 0 bridgehead atoms. The number of aromatic nitrogens is 1. The van der Waals surface area contributed by atoms with Crippen LogP contribution in [-0.4, -0.2) is 25.2 Å². The molecule has 1 heterocycles. The van der Waals surface area contributed by atoms with E-state index in [9.17, 15) is 0 Å². The van der Waals surface area contributed by atoms with Crippen molar-refractivity contribution < 1.29 is 4.74 Å². The van der Waals surface area contributed by atoms with Crippen molar-refractivity contribution in [2.45, 2.75) is 32.7 Å². The van der Waals surface area contributed by atoms with Gasteiger partial charge in [0.15, 0.2) is 0 Å². The van der Waals surface area contributed by atoms with Crippen LogP contribution in [0.5, 0.6) is 5.75 Å². The predicted octanol–water partition coefficient (Wildman–Crippen LogP) is 3.08. The Bertz CT molecular complexity index is 581. The van der Waals surface area contributed by atoms with E-state index in [4.69, 9.17) is 4.74 Å². The van der Waals surface area contributed by atoms with Gasteiger partial charge in [-0.1, -0.05) is 30.3 Å². The van der Waals surface area contributed by atoms with Crippen molar-refractivity contribution in [1.29, 1.82) is 0 Å². The number of hydrogen-bond acceptors (Lipinski definition) is 3. The lowest BCUT2D eigenvalue weighted by atomic mass is 9.99. The van der Waals surface area contributed by atoms with Crippen LogP contribution in [0.15, 0.2) is 36.5 Å². The Labute approximate surface area is 127 Å². The summed E-state index contributed by atoms with van der Waals surface area (Å²) >= 11 is 0. The fraction of sp³-hybridized carbons (Fsp3) is 0.389. The highest BCUT2D eigenvalue weighted by atomic mass is 16.5. The van der Waals surface area contributed by atoms with Gasteiger partial charge in [0.1, 0.15) is 5.75 Å². The van der Waals surface area contributed by atoms with E-state index in [-0.39, 0.29) is 0 Å². The van der Waals surface area contributed by atoms with Crippen molar-refractivity contribution >= 4 is 0 Å². The molecule has 0 aliphatic heterocycles. The number of hydrogen-bond donors (Lipinski definition) is 1. The van der Waals surface area contributed by atoms with Crippen LogP contribution >= 0.6 is 0 Å². The van der Waals surface area contributed by atoms with Gasteiger partial charge in [-0.3, -0.25) is 4.98 Å². The summed E-state index contributed by atoms with van der Waals surface area (Å²) in [6.07, 6.45) is 3.79. The highest BCUT2D eigenvalue weighted by Crippen LogP contribution is 2.25. The lowest BCUT2D eigenvalue weighted by molar-refractivity contribution is 0.406. The van der Waals surface area contributed by atoms with Gasteiger partial charge >= 0.3 is 0 Å². The molecule has 0 fully saturated rings. The van der Waals surface area contributed by atoms with Gasteiger partial charge in [0.2, 0.25) is 0 Å². The Balaban J connectivity index is 2.15. The van der Waals surface area contributed by atoms with Gasteiger partial charge in [-0.2, -0.15) is 0 Å². The van der Waals surface area contributed by atoms with E-state index in [0.717, 1.165) is 35.4 Å². The fourth-order valence-electron chi connectivity index (χ4n) is 2.69. The molecule has 1 aromatic carbocycles. The quantitative estimate of drug-likeness (QED) is 0.885. The molecule has 1 aromatic heterocycles. The lowest BCUT2D eigenvalue weighted by Gasteiger charge is -2.18. The first-order valence-corrected chi connectivity index (χ1v) is 7.36. The highest BCUT2D eigenvalue weighted by Gasteiger charge is 2.14. The number of nitrogens with zero attached hydrogens (tertiary/aromatic N) is 1. The molecule has 0 aliphatic carbocycles. The molecule has 0 saturated carbocycles. The maximum absolute atomic E-state index is 5.49. The Hall–Kier alpha value is -1.87. The average molecular weight is 284 g/mol. The Kier molecular flexibility index (Phi) is 5.34. The molecular formula is C18H24N2O. The minimum Gasteiger partial charge on any atom is -0.496 e. The van der Waals surface area contributed by atoms with Crippen LogP contribution in [0.2, 0.25) is 0 Å². The number of nitrogens with one attached hydrogen (secondary N) is 1. The van der Waals surface area contributed by atoms with Crippen molar-refractivity contribution in [1.82, 2.24) is 10.3 Å². The zero-order chi connectivity index (χ0) is 15.2. The third kappa shape index (κ3) is 3.82. The van der Waals surface area contributed by atoms with Crippen LogP contribution in [0, 0.1) is 13.8 Å². The Morgan fingerprint density at radius 1 is 1.14 bits per heavy atom. The molecule has 1 unspecified atom stereocenters. The van der Waals surface area contributed by atoms with Crippen molar-refractivity contribution in [2.75, 3.05) is 14.2 Å². The summed E-state index contributed by atoms with van der Waals surface area (Å²) in [5.74, 6) is 0.953. The van der Waals surface area contributed by atoms with E-state index in [1.54, 1.807) is 7.11 Å². The van der Waals surface area contributed by atoms with E-state index < -0.39 is 0 Å². The molecule has 2 aromatic rings. The third-order valence-electron chi connectivity index (χ3n) is 3.92. The van der Waals surface area contributed by atoms with E-state index in [2.05, 4.69) is 47.6 Å². The maximum atomic E-state index is 5.49. The Morgan fingerprint density at radius 3 is 2.48 bits per heavy atom. The van der Waals surface area contributed by atoms with E-state index >= 15 is 0 Å². The molecular weight excluding hydrogens is 260 g/mol. The number of likely N-dealkylation sites (N-methyl/N-ethyl adjacent to an activating group) is 1. The summed E-state index contributed by atoms with van der Waals surface area (Å²) in [4.78, 5) is 4.60. The van der Waals surface area contributed by atoms with Crippen LogP contribution in [0.3, 0.4) is 0 Å². The first kappa shape index (κ1) is 15.5. The summed E-state index contributed by atoms with van der Waals surface area (Å²) in [6, 6.07) is 10.9. The van der Waals surface area contributed by atoms with Crippen molar-refractivity contribution in [3.8, 4) is 5.75 Å². The molecule has 0 aliphatic rings. The van der Waals surface area contributed by atoms with Gasteiger partial charge < -0.3 is 10.1 Å². The van der Waals surface area contributed by atoms with Crippen molar-refractivity contribution in [3.63, 3.8) is 0 Å². The smallest absolute Gasteiger partial charge is 0.128 e. The SMILES string of the molecule is CNC(Cc1ccccc1)Cc1ncc(C)c(OC)c1C. The maximum Gasteiger partial charge on any atom is 0.128 e. The van der Waals surface area contributed by atoms with Gasteiger partial charge in [-0.15, -0.1) is 0 Å². The largest absolute Gasteiger partial charge is 0.496 e. The molecule has 0 spiro atoms. The molecule has 21 heavy (non-hydrogen) atoms. The van der Waals surface area contributed by atoms with Crippen molar-refractivity contribution in [3.05, 3.63) is 58.9 Å². The number of pyridine rings is 1. The van der Waals surface area contributed by atoms with Crippen LogP contribution in [0.4, 0.5) is 0 Å². The van der Waals surface area contributed by atoms with E-state index in [1.807, 2.05) is 20.2 Å². The van der Waals surface area contributed by atoms with Gasteiger partial charge in [0, 0.05) is 35.5 Å². The molecule has 112 valence electrons. The Morgan fingerprint density at radius 2 is 1.86 bits per heavy atom. The minimum absolute atomic E-state index is 0.367. The van der Waals surface area contributed by atoms with E-state index in [0.29, 0.717) is 6.04 Å². The first-order valence-electron chi connectivity index (χ1n) is 7.36. The second-order valence-corrected chi connectivity index (χ2v) is 5.43. The molecule has 0 saturated heterocycles. The standard InChI is InChI=1S/C18H24N2O/c1-13-12-20-17(14(2)18(13)21-4)11-16(19-3)10-15-8-6-5-7-9-15/h5-9,12,16,19H,10-11H2,1-4H3. The van der Waals surface area contributed by atoms with Gasteiger partial charge in [0.25, 0.3) is 0 Å². The van der Waals surface area contributed by atoms with E-state index in [1.165, 1.54) is 5.56 Å². The average Bonchev–Trinajstić information content (AvgIpc) is 2.50. The summed E-state index contributed by atoms with van der Waals surface area (Å²) in [5, 5.41) is 3.40. The molecule has 0 amide bonds. The number of aryl methyl sites for hydroxylation is 1. The highest BCUT2D eigenvalue weighted by molar-refractivity contribution is 5.41. The second-order valence-electron chi connectivity index (χ2n) is 5.43. The number of benzene rings is 1. The molecule has 3 nitrogen and oxygen atoms in total. The normalized spacial score (nSPS) is 12.2. The summed E-state index contributed by atoms with van der Waals surface area (Å²) in [7, 11) is 3.73. The third-order valence-corrected chi connectivity index (χ3v) is 3.92. The summed E-state index contributed by atoms with van der Waals surface area (Å²) < 4.78 is 5.49. The lowest BCUT2D eigenvalue weighted by Crippen LogP contribution is -2.30. The predicted molar refractivity (Wildman–Crippen MR) is 87.0 cm³/mol. The molecule has 0 radical (unpaired) electrons. The van der Waals surface area contributed by atoms with Gasteiger partial charge in [0.05, 0.1) is 7.11 Å². The van der Waals surface area contributed by atoms with Gasteiger partial charge in [-0.05, 0) is 32.9 Å². The first-order chi connectivity index (χ1) is 10.2. The number of methoxy groups -OCH3 is 1. The number of ether oxygens (including phenoxy) is 1. The second kappa shape index (κ2) is 7.23. The fourth-order valence-corrected chi connectivity index (χ4v) is 2.69. The van der Waals surface area contributed by atoms with Crippen LogP contribution in [0.1, 0.15) is 22.4 Å². The van der Waals surface area contributed by atoms with Crippen LogP contribution in [0.25, 0.3) is 0 Å². The molecule has 1 N–H and O–H groups in total. The van der Waals surface area contributed by atoms with Crippen LogP contribution in [-0.2, 0) is 12.8 Å². The van der Waals surface area contributed by atoms with Crippen molar-refractivity contribution in [2.24, 2.45) is 0 Å². The van der Waals surface area contributed by atoms with Crippen LogP contribution < -0.4 is 10.1 Å². The zero-order valence-corrected chi connectivity index (χ0v) is 13.3. The molecule has 2 rings (SSSR count). The van der Waals surface area contributed by atoms with Gasteiger partial charge in [-0.25, -0.2) is 0 Å². The minimum atomic E-state index is 0.367.